The summed E-state index contributed by atoms with van der Waals surface area (Å²) in [5, 5.41) is 18.8. The molecule has 88 valence electrons. The van der Waals surface area contributed by atoms with Crippen LogP contribution in [0.25, 0.3) is 10.9 Å². The van der Waals surface area contributed by atoms with Gasteiger partial charge < -0.3 is 10.1 Å². The number of H-pyrrole nitrogens is 1. The van der Waals surface area contributed by atoms with Gasteiger partial charge in [-0.05, 0) is 18.2 Å². The molecule has 0 saturated heterocycles. The number of aromatic nitrogens is 1. The Morgan fingerprint density at radius 3 is 2.94 bits per heavy atom. The molecule has 0 spiro atoms. The standard InChI is InChI=1S/C12H11BrN2OS/c13-10-3-8-5-11(7-17-2-1-16)15-12(8)9(4-10)6-14/h3-5,15-16H,1-2,7H2. The van der Waals surface area contributed by atoms with Gasteiger partial charge in [-0.1, -0.05) is 15.9 Å². The average molecular weight is 311 g/mol. The normalized spacial score (nSPS) is 10.6. The third-order valence-electron chi connectivity index (χ3n) is 2.36. The van der Waals surface area contributed by atoms with Crippen LogP contribution < -0.4 is 0 Å². The second-order valence-electron chi connectivity index (χ2n) is 3.60. The molecule has 0 saturated carbocycles. The van der Waals surface area contributed by atoms with E-state index in [4.69, 9.17) is 10.4 Å². The fraction of sp³-hybridized carbons (Fsp3) is 0.250. The molecule has 0 aliphatic carbocycles. The number of aliphatic hydroxyl groups is 1. The summed E-state index contributed by atoms with van der Waals surface area (Å²) in [4.78, 5) is 3.26. The number of hydrogen-bond acceptors (Lipinski definition) is 3. The van der Waals surface area contributed by atoms with Gasteiger partial charge in [-0.25, -0.2) is 0 Å². The topological polar surface area (TPSA) is 59.8 Å². The predicted octanol–water partition coefficient (Wildman–Crippen LogP) is 3.03. The van der Waals surface area contributed by atoms with Crippen LogP contribution in [0.1, 0.15) is 11.3 Å². The average Bonchev–Trinajstić information content (AvgIpc) is 2.71. The molecule has 2 rings (SSSR count). The van der Waals surface area contributed by atoms with E-state index < -0.39 is 0 Å². The number of aromatic amines is 1. The zero-order valence-electron chi connectivity index (χ0n) is 9.03. The minimum Gasteiger partial charge on any atom is -0.396 e. The van der Waals surface area contributed by atoms with E-state index in [9.17, 15) is 0 Å². The third-order valence-corrected chi connectivity index (χ3v) is 3.81. The molecule has 1 heterocycles. The highest BCUT2D eigenvalue weighted by Crippen LogP contribution is 2.25. The lowest BCUT2D eigenvalue weighted by atomic mass is 10.2. The van der Waals surface area contributed by atoms with Gasteiger partial charge >= 0.3 is 0 Å². The zero-order chi connectivity index (χ0) is 12.3. The van der Waals surface area contributed by atoms with Crippen LogP contribution in [0.2, 0.25) is 0 Å². The number of rotatable bonds is 4. The molecular formula is C12H11BrN2OS. The summed E-state index contributed by atoms with van der Waals surface area (Å²) in [5.74, 6) is 1.54. The van der Waals surface area contributed by atoms with Crippen LogP contribution >= 0.6 is 27.7 Å². The summed E-state index contributed by atoms with van der Waals surface area (Å²) in [6.45, 7) is 0.194. The fourth-order valence-corrected chi connectivity index (χ4v) is 2.80. The molecule has 3 nitrogen and oxygen atoms in total. The molecule has 0 atom stereocenters. The Morgan fingerprint density at radius 1 is 1.41 bits per heavy atom. The maximum absolute atomic E-state index is 9.05. The van der Waals surface area contributed by atoms with Crippen LogP contribution in [0, 0.1) is 11.3 Å². The van der Waals surface area contributed by atoms with Crippen molar-refractivity contribution in [2.75, 3.05) is 12.4 Å². The Morgan fingerprint density at radius 2 is 2.24 bits per heavy atom. The van der Waals surface area contributed by atoms with Crippen LogP contribution in [0.5, 0.6) is 0 Å². The monoisotopic (exact) mass is 310 g/mol. The number of hydrogen-bond donors (Lipinski definition) is 2. The smallest absolute Gasteiger partial charge is 0.101 e. The second kappa shape index (κ2) is 5.58. The molecule has 5 heteroatoms. The Labute approximate surface area is 112 Å². The van der Waals surface area contributed by atoms with Crippen molar-refractivity contribution in [3.63, 3.8) is 0 Å². The van der Waals surface area contributed by atoms with E-state index >= 15 is 0 Å². The highest BCUT2D eigenvalue weighted by atomic mass is 79.9. The van der Waals surface area contributed by atoms with Crippen molar-refractivity contribution in [3.8, 4) is 6.07 Å². The van der Waals surface area contributed by atoms with Crippen molar-refractivity contribution in [3.05, 3.63) is 33.9 Å². The molecule has 1 aromatic carbocycles. The van der Waals surface area contributed by atoms with Crippen molar-refractivity contribution >= 4 is 38.6 Å². The Kier molecular flexibility index (Phi) is 4.11. The van der Waals surface area contributed by atoms with Crippen LogP contribution in [0.3, 0.4) is 0 Å². The van der Waals surface area contributed by atoms with Gasteiger partial charge in [0.25, 0.3) is 0 Å². The maximum Gasteiger partial charge on any atom is 0.101 e. The van der Waals surface area contributed by atoms with E-state index in [1.807, 2.05) is 18.2 Å². The van der Waals surface area contributed by atoms with E-state index in [2.05, 4.69) is 27.0 Å². The first-order valence-corrected chi connectivity index (χ1v) is 7.09. The molecule has 0 aliphatic rings. The van der Waals surface area contributed by atoms with E-state index in [1.54, 1.807) is 11.8 Å². The first kappa shape index (κ1) is 12.5. The van der Waals surface area contributed by atoms with Crippen LogP contribution in [-0.2, 0) is 5.75 Å². The summed E-state index contributed by atoms with van der Waals surface area (Å²) in [7, 11) is 0. The van der Waals surface area contributed by atoms with Gasteiger partial charge in [0.15, 0.2) is 0 Å². The SMILES string of the molecule is N#Cc1cc(Br)cc2cc(CSCCO)[nH]c12. The maximum atomic E-state index is 9.05. The highest BCUT2D eigenvalue weighted by Gasteiger charge is 2.07. The molecular weight excluding hydrogens is 300 g/mol. The lowest BCUT2D eigenvalue weighted by Gasteiger charge is -1.96. The first-order valence-electron chi connectivity index (χ1n) is 5.14. The zero-order valence-corrected chi connectivity index (χ0v) is 11.4. The Hall–Kier alpha value is -0.960. The van der Waals surface area contributed by atoms with Crippen molar-refractivity contribution in [2.45, 2.75) is 5.75 Å². The molecule has 17 heavy (non-hydrogen) atoms. The number of benzene rings is 1. The van der Waals surface area contributed by atoms with Crippen molar-refractivity contribution < 1.29 is 5.11 Å². The molecule has 2 aromatic rings. The van der Waals surface area contributed by atoms with E-state index in [0.29, 0.717) is 5.56 Å². The summed E-state index contributed by atoms with van der Waals surface area (Å²) < 4.78 is 0.912. The molecule has 2 N–H and O–H groups in total. The Balaban J connectivity index is 2.33. The summed E-state index contributed by atoms with van der Waals surface area (Å²) >= 11 is 5.06. The number of halogens is 1. The Bertz CT molecular complexity index is 574. The van der Waals surface area contributed by atoms with Gasteiger partial charge in [0.2, 0.25) is 0 Å². The van der Waals surface area contributed by atoms with Crippen molar-refractivity contribution in [1.82, 2.24) is 4.98 Å². The molecule has 1 aromatic heterocycles. The number of thioether (sulfide) groups is 1. The summed E-state index contributed by atoms with van der Waals surface area (Å²) in [5.41, 5.74) is 2.61. The number of aliphatic hydroxyl groups excluding tert-OH is 1. The second-order valence-corrected chi connectivity index (χ2v) is 5.62. The molecule has 0 bridgehead atoms. The van der Waals surface area contributed by atoms with Crippen LogP contribution in [0.15, 0.2) is 22.7 Å². The van der Waals surface area contributed by atoms with Gasteiger partial charge in [-0.2, -0.15) is 17.0 Å². The molecule has 0 radical (unpaired) electrons. The lowest BCUT2D eigenvalue weighted by Crippen LogP contribution is -1.87. The minimum absolute atomic E-state index is 0.194. The predicted molar refractivity (Wildman–Crippen MR) is 74.0 cm³/mol. The number of nitrogens with one attached hydrogen (secondary N) is 1. The van der Waals surface area contributed by atoms with Gasteiger partial charge in [0.1, 0.15) is 6.07 Å². The summed E-state index contributed by atoms with van der Waals surface area (Å²) in [6, 6.07) is 8.03. The van der Waals surface area contributed by atoms with Gasteiger partial charge in [-0.3, -0.25) is 0 Å². The quantitative estimate of drug-likeness (QED) is 0.853. The summed E-state index contributed by atoms with van der Waals surface area (Å²) in [6.07, 6.45) is 0. The van der Waals surface area contributed by atoms with Gasteiger partial charge in [0, 0.05) is 27.1 Å². The van der Waals surface area contributed by atoms with Crippen LogP contribution in [-0.4, -0.2) is 22.5 Å². The van der Waals surface area contributed by atoms with Gasteiger partial charge in [0.05, 0.1) is 17.7 Å². The minimum atomic E-state index is 0.194. The molecule has 0 amide bonds. The molecule has 0 aliphatic heterocycles. The van der Waals surface area contributed by atoms with E-state index in [0.717, 1.165) is 32.6 Å². The van der Waals surface area contributed by atoms with Crippen molar-refractivity contribution in [2.24, 2.45) is 0 Å². The number of nitrogens with zero attached hydrogens (tertiary/aromatic N) is 1. The number of nitriles is 1. The highest BCUT2D eigenvalue weighted by molar-refractivity contribution is 9.10. The van der Waals surface area contributed by atoms with Crippen molar-refractivity contribution in [1.29, 1.82) is 5.26 Å². The lowest BCUT2D eigenvalue weighted by molar-refractivity contribution is 0.322. The van der Waals surface area contributed by atoms with Gasteiger partial charge in [-0.15, -0.1) is 0 Å². The largest absolute Gasteiger partial charge is 0.396 e. The van der Waals surface area contributed by atoms with E-state index in [1.165, 1.54) is 0 Å². The number of fused-ring (bicyclic) bond motifs is 1. The molecule has 0 unspecified atom stereocenters. The van der Waals surface area contributed by atoms with E-state index in [-0.39, 0.29) is 6.61 Å². The van der Waals surface area contributed by atoms with Crippen LogP contribution in [0.4, 0.5) is 0 Å². The fourth-order valence-electron chi connectivity index (χ4n) is 1.68. The molecule has 0 fully saturated rings. The third kappa shape index (κ3) is 2.83. The first-order chi connectivity index (χ1) is 8.24.